The van der Waals surface area contributed by atoms with Crippen molar-refractivity contribution < 1.29 is 18.3 Å². The molecule has 1 saturated heterocycles. The Morgan fingerprint density at radius 2 is 1.77 bits per heavy atom. The van der Waals surface area contributed by atoms with Gasteiger partial charge in [-0.1, -0.05) is 0 Å². The lowest BCUT2D eigenvalue weighted by Crippen LogP contribution is -2.45. The van der Waals surface area contributed by atoms with E-state index in [9.17, 15) is 18.3 Å². The number of likely N-dealkylation sites (tertiary alicyclic amines) is 1. The Balaban J connectivity index is 2.34. The van der Waals surface area contributed by atoms with Gasteiger partial charge < -0.3 is 5.11 Å². The van der Waals surface area contributed by atoms with Crippen molar-refractivity contribution in [3.8, 4) is 0 Å². The SMILES string of the molecule is CC1(O)CCN(CC(F)(F)F)CC1. The van der Waals surface area contributed by atoms with Crippen LogP contribution in [0.25, 0.3) is 0 Å². The van der Waals surface area contributed by atoms with E-state index in [0.717, 1.165) is 0 Å². The van der Waals surface area contributed by atoms with Crippen molar-refractivity contribution in [2.45, 2.75) is 31.5 Å². The molecule has 1 rings (SSSR count). The van der Waals surface area contributed by atoms with Gasteiger partial charge in [0.05, 0.1) is 12.1 Å². The Hall–Kier alpha value is -0.290. The van der Waals surface area contributed by atoms with Gasteiger partial charge in [0.15, 0.2) is 0 Å². The van der Waals surface area contributed by atoms with Gasteiger partial charge >= 0.3 is 6.18 Å². The van der Waals surface area contributed by atoms with Gasteiger partial charge in [0.25, 0.3) is 0 Å². The van der Waals surface area contributed by atoms with Crippen LogP contribution in [0.5, 0.6) is 0 Å². The quantitative estimate of drug-likeness (QED) is 0.686. The fourth-order valence-corrected chi connectivity index (χ4v) is 1.45. The van der Waals surface area contributed by atoms with E-state index in [4.69, 9.17) is 0 Å². The van der Waals surface area contributed by atoms with Crippen molar-refractivity contribution in [1.82, 2.24) is 4.90 Å². The molecule has 5 heteroatoms. The first-order chi connectivity index (χ1) is 5.79. The van der Waals surface area contributed by atoms with E-state index in [0.29, 0.717) is 25.9 Å². The summed E-state index contributed by atoms with van der Waals surface area (Å²) in [6.45, 7) is 1.46. The van der Waals surface area contributed by atoms with Crippen molar-refractivity contribution in [2.24, 2.45) is 0 Å². The summed E-state index contributed by atoms with van der Waals surface area (Å²) in [4.78, 5) is 1.33. The molecule has 0 saturated carbocycles. The van der Waals surface area contributed by atoms with Crippen LogP contribution in [0.15, 0.2) is 0 Å². The number of hydrogen-bond donors (Lipinski definition) is 1. The molecule has 1 aliphatic rings. The number of rotatable bonds is 1. The fourth-order valence-electron chi connectivity index (χ4n) is 1.45. The van der Waals surface area contributed by atoms with Crippen molar-refractivity contribution in [2.75, 3.05) is 19.6 Å². The van der Waals surface area contributed by atoms with E-state index in [2.05, 4.69) is 0 Å². The predicted molar refractivity (Wildman–Crippen MR) is 42.4 cm³/mol. The van der Waals surface area contributed by atoms with E-state index >= 15 is 0 Å². The van der Waals surface area contributed by atoms with Gasteiger partial charge in [-0.2, -0.15) is 13.2 Å². The Morgan fingerprint density at radius 1 is 1.31 bits per heavy atom. The maximum Gasteiger partial charge on any atom is 0.401 e. The van der Waals surface area contributed by atoms with E-state index in [1.807, 2.05) is 0 Å². The minimum absolute atomic E-state index is 0.326. The zero-order valence-corrected chi connectivity index (χ0v) is 7.56. The van der Waals surface area contributed by atoms with Crippen LogP contribution in [0, 0.1) is 0 Å². The molecule has 0 unspecified atom stereocenters. The van der Waals surface area contributed by atoms with E-state index in [-0.39, 0.29) is 0 Å². The summed E-state index contributed by atoms with van der Waals surface area (Å²) in [7, 11) is 0. The number of hydrogen-bond acceptors (Lipinski definition) is 2. The minimum atomic E-state index is -4.12. The third-order valence-corrected chi connectivity index (χ3v) is 2.34. The molecule has 2 nitrogen and oxygen atoms in total. The largest absolute Gasteiger partial charge is 0.401 e. The first-order valence-corrected chi connectivity index (χ1v) is 4.30. The molecule has 78 valence electrons. The monoisotopic (exact) mass is 197 g/mol. The third kappa shape index (κ3) is 3.95. The fraction of sp³-hybridized carbons (Fsp3) is 1.00. The molecule has 0 radical (unpaired) electrons. The summed E-state index contributed by atoms with van der Waals surface area (Å²) in [5, 5.41) is 9.48. The molecule has 0 aromatic carbocycles. The number of aliphatic hydroxyl groups is 1. The average molecular weight is 197 g/mol. The number of piperidine rings is 1. The highest BCUT2D eigenvalue weighted by Gasteiger charge is 2.34. The lowest BCUT2D eigenvalue weighted by atomic mass is 9.94. The molecule has 1 heterocycles. The van der Waals surface area contributed by atoms with Crippen LogP contribution in [0.3, 0.4) is 0 Å². The van der Waals surface area contributed by atoms with E-state index < -0.39 is 18.3 Å². The van der Waals surface area contributed by atoms with Crippen molar-refractivity contribution in [1.29, 1.82) is 0 Å². The summed E-state index contributed by atoms with van der Waals surface area (Å²) >= 11 is 0. The zero-order chi connectivity index (χ0) is 10.1. The van der Waals surface area contributed by atoms with Gasteiger partial charge in [-0.05, 0) is 19.8 Å². The molecular weight excluding hydrogens is 183 g/mol. The lowest BCUT2D eigenvalue weighted by Gasteiger charge is -2.35. The molecule has 0 amide bonds. The molecule has 0 aromatic heterocycles. The second-order valence-electron chi connectivity index (χ2n) is 3.89. The Bertz CT molecular complexity index is 169. The van der Waals surface area contributed by atoms with Gasteiger partial charge in [0, 0.05) is 13.1 Å². The van der Waals surface area contributed by atoms with Crippen molar-refractivity contribution in [3.63, 3.8) is 0 Å². The predicted octanol–water partition coefficient (Wildman–Crippen LogP) is 1.40. The molecule has 1 N–H and O–H groups in total. The Morgan fingerprint density at radius 3 is 2.15 bits per heavy atom. The summed E-state index contributed by atoms with van der Waals surface area (Å²) in [5.74, 6) is 0. The van der Waals surface area contributed by atoms with Crippen LogP contribution in [0.2, 0.25) is 0 Å². The summed E-state index contributed by atoms with van der Waals surface area (Å²) in [6, 6.07) is 0. The standard InChI is InChI=1S/C8H14F3NO/c1-7(13)2-4-12(5-3-7)6-8(9,10)11/h13H,2-6H2,1H3. The average Bonchev–Trinajstić information content (AvgIpc) is 1.91. The normalized spacial score (nSPS) is 24.7. The van der Waals surface area contributed by atoms with Crippen molar-refractivity contribution in [3.05, 3.63) is 0 Å². The van der Waals surface area contributed by atoms with Crippen molar-refractivity contribution >= 4 is 0 Å². The highest BCUT2D eigenvalue weighted by Crippen LogP contribution is 2.24. The molecule has 0 bridgehead atoms. The second-order valence-corrected chi connectivity index (χ2v) is 3.89. The van der Waals surface area contributed by atoms with Crippen LogP contribution >= 0.6 is 0 Å². The topological polar surface area (TPSA) is 23.5 Å². The summed E-state index contributed by atoms with van der Waals surface area (Å²) < 4.78 is 35.8. The maximum absolute atomic E-state index is 11.9. The molecule has 1 fully saturated rings. The molecule has 13 heavy (non-hydrogen) atoms. The summed E-state index contributed by atoms with van der Waals surface area (Å²) in [5.41, 5.74) is -0.776. The number of alkyl halides is 3. The molecule has 0 atom stereocenters. The molecule has 0 aromatic rings. The minimum Gasteiger partial charge on any atom is -0.390 e. The smallest absolute Gasteiger partial charge is 0.390 e. The van der Waals surface area contributed by atoms with Crippen LogP contribution in [0.4, 0.5) is 13.2 Å². The third-order valence-electron chi connectivity index (χ3n) is 2.34. The van der Waals surface area contributed by atoms with E-state index in [1.165, 1.54) is 4.90 Å². The van der Waals surface area contributed by atoms with E-state index in [1.54, 1.807) is 6.92 Å². The summed E-state index contributed by atoms with van der Waals surface area (Å²) in [6.07, 6.45) is -3.28. The molecule has 1 aliphatic heterocycles. The van der Waals surface area contributed by atoms with Gasteiger partial charge in [-0.3, -0.25) is 4.90 Å². The van der Waals surface area contributed by atoms with Gasteiger partial charge in [-0.25, -0.2) is 0 Å². The van der Waals surface area contributed by atoms with Crippen LogP contribution < -0.4 is 0 Å². The number of nitrogens with zero attached hydrogens (tertiary/aromatic N) is 1. The van der Waals surface area contributed by atoms with Gasteiger partial charge in [-0.15, -0.1) is 0 Å². The number of halogens is 3. The zero-order valence-electron chi connectivity index (χ0n) is 7.56. The van der Waals surface area contributed by atoms with Crippen LogP contribution in [-0.2, 0) is 0 Å². The molecule has 0 aliphatic carbocycles. The van der Waals surface area contributed by atoms with Crippen LogP contribution in [0.1, 0.15) is 19.8 Å². The maximum atomic E-state index is 11.9. The first-order valence-electron chi connectivity index (χ1n) is 4.30. The molecular formula is C8H14F3NO. The lowest BCUT2D eigenvalue weighted by molar-refractivity contribution is -0.153. The first kappa shape index (κ1) is 10.8. The molecule has 0 spiro atoms. The van der Waals surface area contributed by atoms with Crippen LogP contribution in [-0.4, -0.2) is 41.4 Å². The van der Waals surface area contributed by atoms with Gasteiger partial charge in [0.2, 0.25) is 0 Å². The Kier molecular flexibility index (Phi) is 2.87. The highest BCUT2D eigenvalue weighted by atomic mass is 19.4. The van der Waals surface area contributed by atoms with Gasteiger partial charge in [0.1, 0.15) is 0 Å². The highest BCUT2D eigenvalue weighted by molar-refractivity contribution is 4.82. The Labute approximate surface area is 75.3 Å². The second kappa shape index (κ2) is 3.46.